The molecule has 1 saturated heterocycles. The molecule has 2 rings (SSSR count). The molecule has 0 bridgehead atoms. The van der Waals surface area contributed by atoms with Gasteiger partial charge in [0.05, 0.1) is 0 Å². The van der Waals surface area contributed by atoms with E-state index in [1.807, 2.05) is 36.1 Å². The Balaban J connectivity index is 1.89. The number of benzene rings is 1. The van der Waals surface area contributed by atoms with Crippen LogP contribution in [0.25, 0.3) is 0 Å². The van der Waals surface area contributed by atoms with E-state index >= 15 is 0 Å². The first kappa shape index (κ1) is 14.9. The van der Waals surface area contributed by atoms with Crippen LogP contribution in [0.2, 0.25) is 0 Å². The van der Waals surface area contributed by atoms with E-state index < -0.39 is 6.10 Å². The van der Waals surface area contributed by atoms with Crippen molar-refractivity contribution < 1.29 is 9.53 Å². The highest BCUT2D eigenvalue weighted by molar-refractivity contribution is 5.81. The van der Waals surface area contributed by atoms with E-state index in [1.54, 1.807) is 0 Å². The summed E-state index contributed by atoms with van der Waals surface area (Å²) in [6.07, 6.45) is 3.87. The molecule has 0 saturated carbocycles. The topological polar surface area (TPSA) is 55.6 Å². The van der Waals surface area contributed by atoms with E-state index in [0.29, 0.717) is 6.54 Å². The molecule has 4 heteroatoms. The van der Waals surface area contributed by atoms with Crippen LogP contribution in [-0.4, -0.2) is 36.5 Å². The van der Waals surface area contributed by atoms with Crippen LogP contribution in [0, 0.1) is 0 Å². The van der Waals surface area contributed by atoms with Gasteiger partial charge in [0.15, 0.2) is 6.10 Å². The van der Waals surface area contributed by atoms with Gasteiger partial charge in [-0.05, 0) is 56.8 Å². The van der Waals surface area contributed by atoms with Gasteiger partial charge >= 0.3 is 0 Å². The van der Waals surface area contributed by atoms with Gasteiger partial charge in [0.2, 0.25) is 0 Å². The average Bonchev–Trinajstić information content (AvgIpc) is 2.49. The summed E-state index contributed by atoms with van der Waals surface area (Å²) in [4.78, 5) is 14.2. The highest BCUT2D eigenvalue weighted by atomic mass is 16.5. The van der Waals surface area contributed by atoms with Crippen LogP contribution >= 0.6 is 0 Å². The first-order chi connectivity index (χ1) is 9.70. The molecule has 1 unspecified atom stereocenters. The Hall–Kier alpha value is -1.55. The molecule has 4 nitrogen and oxygen atoms in total. The van der Waals surface area contributed by atoms with E-state index in [4.69, 9.17) is 10.5 Å². The van der Waals surface area contributed by atoms with Crippen molar-refractivity contribution in [3.63, 3.8) is 0 Å². The number of likely N-dealkylation sites (tertiary alicyclic amines) is 1. The second-order valence-corrected chi connectivity index (χ2v) is 5.33. The number of nitrogens with two attached hydrogens (primary N) is 1. The Labute approximate surface area is 120 Å². The molecule has 1 atom stereocenters. The van der Waals surface area contributed by atoms with Crippen molar-refractivity contribution in [3.8, 4) is 5.75 Å². The van der Waals surface area contributed by atoms with Gasteiger partial charge in [-0.15, -0.1) is 0 Å². The van der Waals surface area contributed by atoms with Crippen LogP contribution < -0.4 is 10.5 Å². The predicted octanol–water partition coefficient (Wildman–Crippen LogP) is 1.97. The number of piperidine rings is 1. The number of hydrogen-bond donors (Lipinski definition) is 1. The molecule has 20 heavy (non-hydrogen) atoms. The number of amides is 1. The molecule has 1 aromatic carbocycles. The summed E-state index contributed by atoms with van der Waals surface area (Å²) in [5.74, 6) is 0.833. The van der Waals surface area contributed by atoms with E-state index in [1.165, 1.54) is 12.0 Å². The lowest BCUT2D eigenvalue weighted by Gasteiger charge is -2.29. The van der Waals surface area contributed by atoms with Crippen molar-refractivity contribution in [2.45, 2.75) is 38.7 Å². The average molecular weight is 276 g/mol. The Kier molecular flexibility index (Phi) is 5.41. The monoisotopic (exact) mass is 276 g/mol. The first-order valence-electron chi connectivity index (χ1n) is 7.45. The van der Waals surface area contributed by atoms with Gasteiger partial charge in [-0.3, -0.25) is 4.79 Å². The van der Waals surface area contributed by atoms with E-state index in [0.717, 1.165) is 38.1 Å². The second-order valence-electron chi connectivity index (χ2n) is 5.33. The van der Waals surface area contributed by atoms with Crippen molar-refractivity contribution in [1.29, 1.82) is 0 Å². The van der Waals surface area contributed by atoms with E-state index in [9.17, 15) is 4.79 Å². The minimum atomic E-state index is -0.423. The number of nitrogens with zero attached hydrogens (tertiary/aromatic N) is 1. The minimum absolute atomic E-state index is 0.0933. The molecule has 0 aromatic heterocycles. The van der Waals surface area contributed by atoms with Crippen LogP contribution in [0.4, 0.5) is 0 Å². The quantitative estimate of drug-likeness (QED) is 0.894. The van der Waals surface area contributed by atoms with E-state index in [2.05, 4.69) is 0 Å². The molecule has 2 N–H and O–H groups in total. The Morgan fingerprint density at radius 1 is 1.25 bits per heavy atom. The molecule has 1 aliphatic rings. The summed E-state index contributed by atoms with van der Waals surface area (Å²) in [6, 6.07) is 7.82. The lowest BCUT2D eigenvalue weighted by atomic mass is 10.1. The zero-order chi connectivity index (χ0) is 14.4. The fourth-order valence-electron chi connectivity index (χ4n) is 2.53. The number of hydrogen-bond acceptors (Lipinski definition) is 3. The van der Waals surface area contributed by atoms with Crippen LogP contribution in [0.1, 0.15) is 31.7 Å². The molecule has 1 aliphatic heterocycles. The van der Waals surface area contributed by atoms with Gasteiger partial charge < -0.3 is 15.4 Å². The minimum Gasteiger partial charge on any atom is -0.481 e. The van der Waals surface area contributed by atoms with Crippen LogP contribution in [0.5, 0.6) is 5.75 Å². The highest BCUT2D eigenvalue weighted by Gasteiger charge is 2.23. The largest absolute Gasteiger partial charge is 0.481 e. The third-order valence-corrected chi connectivity index (χ3v) is 3.68. The summed E-state index contributed by atoms with van der Waals surface area (Å²) in [5, 5.41) is 0. The maximum Gasteiger partial charge on any atom is 0.263 e. The summed E-state index contributed by atoms with van der Waals surface area (Å²) in [6.45, 7) is 4.19. The van der Waals surface area contributed by atoms with Crippen LogP contribution in [0.15, 0.2) is 24.3 Å². The van der Waals surface area contributed by atoms with Crippen LogP contribution in [-0.2, 0) is 11.2 Å². The Morgan fingerprint density at radius 3 is 2.50 bits per heavy atom. The van der Waals surface area contributed by atoms with Gasteiger partial charge in [0, 0.05) is 13.1 Å². The zero-order valence-corrected chi connectivity index (χ0v) is 12.2. The number of carbonyl (C=O) groups is 1. The third-order valence-electron chi connectivity index (χ3n) is 3.68. The predicted molar refractivity (Wildman–Crippen MR) is 79.7 cm³/mol. The molecular formula is C16H24N2O2. The van der Waals surface area contributed by atoms with Gasteiger partial charge in [-0.2, -0.15) is 0 Å². The molecular weight excluding hydrogens is 252 g/mol. The maximum absolute atomic E-state index is 12.3. The van der Waals surface area contributed by atoms with Crippen molar-refractivity contribution in [2.24, 2.45) is 5.73 Å². The van der Waals surface area contributed by atoms with Gasteiger partial charge in [0.25, 0.3) is 5.91 Å². The highest BCUT2D eigenvalue weighted by Crippen LogP contribution is 2.16. The summed E-state index contributed by atoms with van der Waals surface area (Å²) >= 11 is 0. The Bertz CT molecular complexity index is 425. The van der Waals surface area contributed by atoms with Crippen molar-refractivity contribution in [1.82, 2.24) is 4.90 Å². The zero-order valence-electron chi connectivity index (χ0n) is 12.2. The fraction of sp³-hybridized carbons (Fsp3) is 0.562. The number of carbonyl (C=O) groups excluding carboxylic acids is 1. The molecule has 110 valence electrons. The van der Waals surface area contributed by atoms with Gasteiger partial charge in [0.1, 0.15) is 5.75 Å². The number of ether oxygens (including phenoxy) is 1. The normalized spacial score (nSPS) is 16.8. The first-order valence-corrected chi connectivity index (χ1v) is 7.45. The summed E-state index contributed by atoms with van der Waals surface area (Å²) in [7, 11) is 0. The molecule has 0 radical (unpaired) electrons. The van der Waals surface area contributed by atoms with Gasteiger partial charge in [-0.1, -0.05) is 12.1 Å². The van der Waals surface area contributed by atoms with E-state index in [-0.39, 0.29) is 5.91 Å². The second kappa shape index (κ2) is 7.29. The maximum atomic E-state index is 12.3. The fourth-order valence-corrected chi connectivity index (χ4v) is 2.53. The summed E-state index contributed by atoms with van der Waals surface area (Å²) in [5.41, 5.74) is 6.71. The summed E-state index contributed by atoms with van der Waals surface area (Å²) < 4.78 is 5.74. The SMILES string of the molecule is CC(Oc1ccc(CCN)cc1)C(=O)N1CCCCC1. The molecule has 1 heterocycles. The van der Waals surface area contributed by atoms with Crippen molar-refractivity contribution in [2.75, 3.05) is 19.6 Å². The van der Waals surface area contributed by atoms with Crippen molar-refractivity contribution in [3.05, 3.63) is 29.8 Å². The van der Waals surface area contributed by atoms with Crippen LogP contribution in [0.3, 0.4) is 0 Å². The lowest BCUT2D eigenvalue weighted by molar-refractivity contribution is -0.138. The smallest absolute Gasteiger partial charge is 0.263 e. The molecule has 0 aliphatic carbocycles. The van der Waals surface area contributed by atoms with Gasteiger partial charge in [-0.25, -0.2) is 0 Å². The third kappa shape index (κ3) is 3.97. The number of rotatable bonds is 5. The molecule has 1 amide bonds. The molecule has 1 aromatic rings. The molecule has 1 fully saturated rings. The molecule has 0 spiro atoms. The standard InChI is InChI=1S/C16H24N2O2/c1-13(16(19)18-11-3-2-4-12-18)20-15-7-5-14(6-8-15)9-10-17/h5-8,13H,2-4,9-12,17H2,1H3. The Morgan fingerprint density at radius 2 is 1.90 bits per heavy atom. The lowest BCUT2D eigenvalue weighted by Crippen LogP contribution is -2.43. The van der Waals surface area contributed by atoms with Crippen molar-refractivity contribution >= 4 is 5.91 Å².